The predicted octanol–water partition coefficient (Wildman–Crippen LogP) is 4.16. The molecule has 0 unspecified atom stereocenters. The minimum Gasteiger partial charge on any atom is -0.618 e. The Morgan fingerprint density at radius 3 is 2.42 bits per heavy atom. The van der Waals surface area contributed by atoms with E-state index in [0.29, 0.717) is 4.73 Å². The molecule has 7 nitrogen and oxygen atoms in total. The van der Waals surface area contributed by atoms with E-state index in [1.54, 1.807) is 36.4 Å². The Morgan fingerprint density at radius 1 is 1.00 bits per heavy atom. The van der Waals surface area contributed by atoms with Crippen LogP contribution in [0.1, 0.15) is 32.1 Å². The van der Waals surface area contributed by atoms with Crippen molar-refractivity contribution in [2.24, 2.45) is 0 Å². The first-order valence-corrected chi connectivity index (χ1v) is 9.79. The number of nitrogens with zero attached hydrogens (tertiary/aromatic N) is 3. The van der Waals surface area contributed by atoms with E-state index in [0.717, 1.165) is 0 Å². The highest BCUT2D eigenvalue weighted by Gasteiger charge is 2.28. The van der Waals surface area contributed by atoms with E-state index in [-0.39, 0.29) is 43.6 Å². The average molecular weight is 454 g/mol. The van der Waals surface area contributed by atoms with Crippen LogP contribution in [0.5, 0.6) is 0 Å². The first kappa shape index (κ1) is 20.7. The molecule has 4 aromatic rings. The van der Waals surface area contributed by atoms with Crippen LogP contribution in [0, 0.1) is 5.21 Å². The first-order chi connectivity index (χ1) is 15.0. The van der Waals surface area contributed by atoms with Crippen LogP contribution in [0.25, 0.3) is 11.0 Å². The summed E-state index contributed by atoms with van der Waals surface area (Å²) in [4.78, 5) is 33.7. The third kappa shape index (κ3) is 4.19. The summed E-state index contributed by atoms with van der Waals surface area (Å²) in [6, 6.07) is 14.1. The zero-order valence-corrected chi connectivity index (χ0v) is 17.3. The van der Waals surface area contributed by atoms with Crippen LogP contribution in [-0.4, -0.2) is 21.7 Å². The van der Waals surface area contributed by atoms with E-state index < -0.39 is 18.4 Å². The molecular weight excluding hydrogens is 441 g/mol. The monoisotopic (exact) mass is 453 g/mol. The van der Waals surface area contributed by atoms with Crippen LogP contribution < -0.4 is 4.73 Å². The van der Waals surface area contributed by atoms with Gasteiger partial charge >= 0.3 is 5.97 Å². The number of esters is 1. The van der Waals surface area contributed by atoms with Gasteiger partial charge in [0, 0.05) is 24.0 Å². The third-order valence-electron chi connectivity index (χ3n) is 4.46. The van der Waals surface area contributed by atoms with Crippen LogP contribution in [0.15, 0.2) is 67.0 Å². The molecule has 0 amide bonds. The fourth-order valence-electron chi connectivity index (χ4n) is 2.96. The van der Waals surface area contributed by atoms with Crippen LogP contribution in [0.4, 0.5) is 0 Å². The molecule has 0 saturated heterocycles. The second kappa shape index (κ2) is 8.67. The molecule has 0 aliphatic carbocycles. The zero-order chi connectivity index (χ0) is 22.0. The number of hydrogen-bond acceptors (Lipinski definition) is 6. The fourth-order valence-corrected chi connectivity index (χ4v) is 3.28. The predicted molar refractivity (Wildman–Crippen MR) is 114 cm³/mol. The molecule has 0 aliphatic rings. The van der Waals surface area contributed by atoms with Crippen molar-refractivity contribution >= 4 is 46.0 Å². The molecule has 31 heavy (non-hydrogen) atoms. The highest BCUT2D eigenvalue weighted by atomic mass is 35.5. The maximum atomic E-state index is 13.1. The van der Waals surface area contributed by atoms with Crippen LogP contribution in [0.3, 0.4) is 0 Å². The SMILES string of the molecule is O=C(OCc1nc2cc(Cl)c(Cl)cc2[n+]([O-])c1C(=O)c1ccccc1)c1cccnc1. The van der Waals surface area contributed by atoms with Gasteiger partial charge in [-0.3, -0.25) is 9.78 Å². The zero-order valence-electron chi connectivity index (χ0n) is 15.8. The van der Waals surface area contributed by atoms with Gasteiger partial charge in [-0.15, -0.1) is 0 Å². The normalized spacial score (nSPS) is 10.8. The molecule has 0 spiro atoms. The summed E-state index contributed by atoms with van der Waals surface area (Å²) in [5.41, 5.74) is 0.512. The van der Waals surface area contributed by atoms with Gasteiger partial charge in [0.1, 0.15) is 12.1 Å². The Kier molecular flexibility index (Phi) is 5.79. The van der Waals surface area contributed by atoms with Crippen molar-refractivity contribution in [3.05, 3.63) is 105 Å². The van der Waals surface area contributed by atoms with Gasteiger partial charge in [0.05, 0.1) is 15.6 Å². The van der Waals surface area contributed by atoms with Crippen molar-refractivity contribution in [1.82, 2.24) is 9.97 Å². The van der Waals surface area contributed by atoms with Crippen molar-refractivity contribution < 1.29 is 19.1 Å². The molecule has 0 N–H and O–H groups in total. The molecule has 2 heterocycles. The Bertz CT molecular complexity index is 1300. The third-order valence-corrected chi connectivity index (χ3v) is 5.18. The molecule has 154 valence electrons. The van der Waals surface area contributed by atoms with Crippen molar-refractivity contribution in [2.45, 2.75) is 6.61 Å². The maximum Gasteiger partial charge on any atom is 0.340 e. The number of aromatic nitrogens is 3. The summed E-state index contributed by atoms with van der Waals surface area (Å²) in [5, 5.41) is 13.5. The molecular formula is C22H13Cl2N3O4. The number of carbonyl (C=O) groups is 2. The van der Waals surface area contributed by atoms with Gasteiger partial charge in [0.2, 0.25) is 5.52 Å². The van der Waals surface area contributed by atoms with Gasteiger partial charge in [0.15, 0.2) is 5.69 Å². The minimum absolute atomic E-state index is 0.00742. The number of rotatable bonds is 5. The maximum absolute atomic E-state index is 13.1. The number of fused-ring (bicyclic) bond motifs is 1. The molecule has 0 fully saturated rings. The largest absolute Gasteiger partial charge is 0.618 e. The van der Waals surface area contributed by atoms with Crippen LogP contribution >= 0.6 is 23.2 Å². The Morgan fingerprint density at radius 2 is 1.71 bits per heavy atom. The van der Waals surface area contributed by atoms with Gasteiger partial charge in [-0.2, -0.15) is 4.73 Å². The van der Waals surface area contributed by atoms with Gasteiger partial charge in [0.25, 0.3) is 11.5 Å². The lowest BCUT2D eigenvalue weighted by Crippen LogP contribution is -2.38. The van der Waals surface area contributed by atoms with Gasteiger partial charge in [-0.1, -0.05) is 53.5 Å². The second-order valence-electron chi connectivity index (χ2n) is 6.47. The molecule has 0 saturated carbocycles. The van der Waals surface area contributed by atoms with Gasteiger partial charge in [-0.05, 0) is 18.2 Å². The molecule has 2 aromatic heterocycles. The number of ketones is 1. The van der Waals surface area contributed by atoms with Crippen LogP contribution in [-0.2, 0) is 11.3 Å². The smallest absolute Gasteiger partial charge is 0.340 e. The Labute approximate surface area is 186 Å². The Hall–Kier alpha value is -3.55. The number of ether oxygens (including phenoxy) is 1. The summed E-state index contributed by atoms with van der Waals surface area (Å²) in [5.74, 6) is -1.23. The molecule has 0 atom stereocenters. The summed E-state index contributed by atoms with van der Waals surface area (Å²) in [7, 11) is 0. The van der Waals surface area contributed by atoms with E-state index in [9.17, 15) is 14.8 Å². The number of benzene rings is 2. The van der Waals surface area contributed by atoms with Crippen molar-refractivity contribution in [1.29, 1.82) is 0 Å². The molecule has 9 heteroatoms. The van der Waals surface area contributed by atoms with Gasteiger partial charge in [-0.25, -0.2) is 9.78 Å². The quantitative estimate of drug-likeness (QED) is 0.195. The number of hydrogen-bond donors (Lipinski definition) is 0. The summed E-state index contributed by atoms with van der Waals surface area (Å²) >= 11 is 12.1. The lowest BCUT2D eigenvalue weighted by atomic mass is 10.1. The second-order valence-corrected chi connectivity index (χ2v) is 7.28. The topological polar surface area (TPSA) is 96.1 Å². The lowest BCUT2D eigenvalue weighted by molar-refractivity contribution is -0.580. The van der Waals surface area contributed by atoms with Crippen molar-refractivity contribution in [2.75, 3.05) is 0 Å². The first-order valence-electron chi connectivity index (χ1n) is 9.04. The van der Waals surface area contributed by atoms with Crippen molar-refractivity contribution in [3.8, 4) is 0 Å². The summed E-state index contributed by atoms with van der Waals surface area (Å²) in [6.07, 6.45) is 2.87. The lowest BCUT2D eigenvalue weighted by Gasteiger charge is -2.12. The highest BCUT2D eigenvalue weighted by molar-refractivity contribution is 6.42. The van der Waals surface area contributed by atoms with E-state index in [1.165, 1.54) is 30.6 Å². The molecule has 0 bridgehead atoms. The minimum atomic E-state index is -0.667. The van der Waals surface area contributed by atoms with Crippen molar-refractivity contribution in [3.63, 3.8) is 0 Å². The number of pyridine rings is 1. The standard InChI is InChI=1S/C22H13Cl2N3O4/c23-15-9-17-19(10-16(15)24)27(30)20(21(28)13-5-2-1-3-6-13)18(26-17)12-31-22(29)14-7-4-8-25-11-14/h1-11H,12H2. The average Bonchev–Trinajstić information content (AvgIpc) is 2.79. The van der Waals surface area contributed by atoms with Gasteiger partial charge < -0.3 is 9.94 Å². The molecule has 4 rings (SSSR count). The number of halogens is 2. The van der Waals surface area contributed by atoms with E-state index in [4.69, 9.17) is 27.9 Å². The fraction of sp³-hybridized carbons (Fsp3) is 0.0455. The molecule has 0 radical (unpaired) electrons. The van der Waals surface area contributed by atoms with E-state index in [2.05, 4.69) is 9.97 Å². The summed E-state index contributed by atoms with van der Waals surface area (Å²) < 4.78 is 5.73. The Balaban J connectivity index is 1.80. The van der Waals surface area contributed by atoms with Crippen LogP contribution in [0.2, 0.25) is 10.0 Å². The summed E-state index contributed by atoms with van der Waals surface area (Å²) in [6.45, 7) is -0.403. The molecule has 0 aliphatic heterocycles. The highest BCUT2D eigenvalue weighted by Crippen LogP contribution is 2.26. The van der Waals surface area contributed by atoms with E-state index in [1.807, 2.05) is 0 Å². The number of carbonyl (C=O) groups excluding carboxylic acids is 2. The molecule has 2 aromatic carbocycles. The van der Waals surface area contributed by atoms with E-state index >= 15 is 0 Å².